The van der Waals surface area contributed by atoms with E-state index in [4.69, 9.17) is 6.64 Å². The van der Waals surface area contributed by atoms with Gasteiger partial charge in [0, 0.05) is 0 Å². The van der Waals surface area contributed by atoms with Gasteiger partial charge in [-0.05, 0) is 0 Å². The molecule has 0 radical (unpaired) electrons. The zero-order valence-corrected chi connectivity index (χ0v) is 12.1. The molecule has 0 saturated heterocycles. The standard InChI is InChI=1S/2C3H6O.2C3H5.O.Ti/c2*1-3(2)4;2*1-3-2;;/h2*4H,1H2,2H3;2*1H2,2H3;;/q;;;;;+2/p-2. The molecular formula is C12H20O3Ti. The van der Waals surface area contributed by atoms with Crippen LogP contribution in [-0.4, -0.2) is 0 Å². The summed E-state index contributed by atoms with van der Waals surface area (Å²) in [5.41, 5.74) is 0. The van der Waals surface area contributed by atoms with Crippen LogP contribution in [0.5, 0.6) is 0 Å². The van der Waals surface area contributed by atoms with Crippen molar-refractivity contribution in [1.29, 1.82) is 0 Å². The minimum absolute atomic E-state index is 0.305. The molecule has 0 aliphatic carbocycles. The predicted octanol–water partition coefficient (Wildman–Crippen LogP) is 4.02. The molecule has 0 spiro atoms. The molecule has 90 valence electrons. The molecule has 0 heterocycles. The van der Waals surface area contributed by atoms with Gasteiger partial charge in [-0.25, -0.2) is 0 Å². The van der Waals surface area contributed by atoms with E-state index in [1.54, 1.807) is 27.7 Å². The van der Waals surface area contributed by atoms with Gasteiger partial charge in [-0.15, -0.1) is 0 Å². The van der Waals surface area contributed by atoms with Crippen LogP contribution in [0.2, 0.25) is 0 Å². The van der Waals surface area contributed by atoms with Gasteiger partial charge in [0.15, 0.2) is 0 Å². The molecule has 0 saturated carbocycles. The molecule has 3 nitrogen and oxygen atoms in total. The average molecular weight is 260 g/mol. The first kappa shape index (κ1) is 15.1. The van der Waals surface area contributed by atoms with E-state index in [-0.39, 0.29) is 0 Å². The fourth-order valence-corrected chi connectivity index (χ4v) is 5.63. The molecule has 0 aromatic heterocycles. The second-order valence-corrected chi connectivity index (χ2v) is 10.5. The van der Waals surface area contributed by atoms with Crippen LogP contribution in [0.25, 0.3) is 0 Å². The van der Waals surface area contributed by atoms with Gasteiger partial charge in [-0.2, -0.15) is 0 Å². The van der Waals surface area contributed by atoms with Gasteiger partial charge in [0.2, 0.25) is 0 Å². The Morgan fingerprint density at radius 2 is 1.06 bits per heavy atom. The topological polar surface area (TPSA) is 35.5 Å². The van der Waals surface area contributed by atoms with Gasteiger partial charge in [0.1, 0.15) is 0 Å². The van der Waals surface area contributed by atoms with E-state index >= 15 is 0 Å². The molecule has 0 aliphatic rings. The molecule has 16 heavy (non-hydrogen) atoms. The number of rotatable bonds is 6. The zero-order valence-electron chi connectivity index (χ0n) is 10.6. The van der Waals surface area contributed by atoms with E-state index in [0.717, 1.165) is 0 Å². The Bertz CT molecular complexity index is 390. The molecule has 0 amide bonds. The Balaban J connectivity index is 5.89. The van der Waals surface area contributed by atoms with Crippen LogP contribution < -0.4 is 0 Å². The first-order valence-corrected chi connectivity index (χ1v) is 8.41. The third-order valence-electron chi connectivity index (χ3n) is 2.19. The van der Waals surface area contributed by atoms with Crippen molar-refractivity contribution in [2.75, 3.05) is 0 Å². The summed E-state index contributed by atoms with van der Waals surface area (Å²) < 4.78 is 24.6. The maximum absolute atomic E-state index is 13.1. The van der Waals surface area contributed by atoms with Gasteiger partial charge in [0.25, 0.3) is 0 Å². The third-order valence-corrected chi connectivity index (χ3v) is 9.04. The number of allylic oxidation sites excluding steroid dienone is 4. The molecule has 0 rings (SSSR count). The second-order valence-electron chi connectivity index (χ2n) is 4.16. The first-order valence-electron chi connectivity index (χ1n) is 4.93. The fraction of sp³-hybridized carbons (Fsp3) is 0.333. The molecule has 0 atom stereocenters. The molecule has 0 aromatic carbocycles. The van der Waals surface area contributed by atoms with Crippen LogP contribution in [-0.2, 0) is 26.0 Å². The Labute approximate surface area is 99.3 Å². The molecule has 0 aliphatic heterocycles. The van der Waals surface area contributed by atoms with Gasteiger partial charge < -0.3 is 0 Å². The van der Waals surface area contributed by atoms with Crippen molar-refractivity contribution in [3.8, 4) is 0 Å². The summed E-state index contributed by atoms with van der Waals surface area (Å²) >= 11 is -5.17. The van der Waals surface area contributed by atoms with Crippen molar-refractivity contribution in [3.63, 3.8) is 0 Å². The summed E-state index contributed by atoms with van der Waals surface area (Å²) in [7, 11) is 0. The van der Waals surface area contributed by atoms with Gasteiger partial charge in [-0.1, -0.05) is 0 Å². The van der Waals surface area contributed by atoms with E-state index in [1.165, 1.54) is 0 Å². The van der Waals surface area contributed by atoms with Crippen molar-refractivity contribution >= 4 is 0 Å². The summed E-state index contributed by atoms with van der Waals surface area (Å²) in [6.45, 7) is 21.0. The van der Waals surface area contributed by atoms with E-state index in [9.17, 15) is 3.32 Å². The Morgan fingerprint density at radius 1 is 0.812 bits per heavy atom. The first-order chi connectivity index (χ1) is 7.03. The molecule has 0 unspecified atom stereocenters. The normalized spacial score (nSPS) is 11.6. The molecule has 0 bridgehead atoms. The van der Waals surface area contributed by atoms with Crippen LogP contribution in [0.15, 0.2) is 45.6 Å². The Hall–Kier alpha value is -0.926. The minimum atomic E-state index is -5.17. The molecule has 0 aromatic rings. The predicted molar refractivity (Wildman–Crippen MR) is 62.1 cm³/mol. The fourth-order valence-electron chi connectivity index (χ4n) is 1.37. The van der Waals surface area contributed by atoms with Gasteiger partial charge >= 0.3 is 99.3 Å². The number of hydrogen-bond acceptors (Lipinski definition) is 3. The van der Waals surface area contributed by atoms with E-state index in [0.29, 0.717) is 19.3 Å². The van der Waals surface area contributed by atoms with Crippen molar-refractivity contribution < 1.29 is 26.0 Å². The Kier molecular flexibility index (Phi) is 4.26. The van der Waals surface area contributed by atoms with Crippen molar-refractivity contribution in [2.45, 2.75) is 27.7 Å². The third kappa shape index (κ3) is 2.60. The van der Waals surface area contributed by atoms with Crippen LogP contribution in [0.4, 0.5) is 0 Å². The van der Waals surface area contributed by atoms with E-state index in [1.807, 2.05) is 0 Å². The van der Waals surface area contributed by atoms with Crippen LogP contribution in [0.1, 0.15) is 27.7 Å². The molecule has 0 fully saturated rings. The molecule has 0 N–H and O–H groups in total. The van der Waals surface area contributed by atoms with E-state index in [2.05, 4.69) is 26.3 Å². The van der Waals surface area contributed by atoms with Crippen molar-refractivity contribution in [2.24, 2.45) is 0 Å². The van der Waals surface area contributed by atoms with Crippen LogP contribution in [0.3, 0.4) is 0 Å². The van der Waals surface area contributed by atoms with Crippen LogP contribution in [0, 0.1) is 0 Å². The quantitative estimate of drug-likeness (QED) is 0.534. The summed E-state index contributed by atoms with van der Waals surface area (Å²) in [4.78, 5) is 0. The average Bonchev–Trinajstić information content (AvgIpc) is 1.99. The van der Waals surface area contributed by atoms with Crippen molar-refractivity contribution in [1.82, 2.24) is 0 Å². The molecule has 4 heteroatoms. The van der Waals surface area contributed by atoms with Crippen molar-refractivity contribution in [3.05, 3.63) is 45.6 Å². The summed E-state index contributed by atoms with van der Waals surface area (Å²) in [6, 6.07) is 0. The summed E-state index contributed by atoms with van der Waals surface area (Å²) in [5, 5.41) is 0. The van der Waals surface area contributed by atoms with Gasteiger partial charge in [-0.3, -0.25) is 0 Å². The van der Waals surface area contributed by atoms with E-state index < -0.39 is 16.1 Å². The van der Waals surface area contributed by atoms with Crippen LogP contribution >= 0.6 is 0 Å². The molecular weight excluding hydrogens is 240 g/mol. The second kappa shape index (κ2) is 4.52. The monoisotopic (exact) mass is 260 g/mol. The maximum atomic E-state index is 13.1. The zero-order chi connectivity index (χ0) is 13.2. The summed E-state index contributed by atoms with van der Waals surface area (Å²) in [6.07, 6.45) is 0. The van der Waals surface area contributed by atoms with Gasteiger partial charge in [0.05, 0.1) is 0 Å². The number of hydrogen-bond donors (Lipinski definition) is 0. The summed E-state index contributed by atoms with van der Waals surface area (Å²) in [5.74, 6) is 0.610. The SMILES string of the molecule is C=C(C)[O][Ti](=[O])([O]C(=C)C)([C](=C)C)[C](=C)C. The Morgan fingerprint density at radius 3 is 1.19 bits per heavy atom.